The fraction of sp³-hybridized carbons (Fsp3) is 0.571. The number of aromatic nitrogens is 4. The Balaban J connectivity index is 1.22. The van der Waals surface area contributed by atoms with Crippen LogP contribution >= 0.6 is 0 Å². The van der Waals surface area contributed by atoms with Crippen LogP contribution in [-0.2, 0) is 4.74 Å². The van der Waals surface area contributed by atoms with Crippen LogP contribution in [-0.4, -0.2) is 75.6 Å². The number of ether oxygens (including phenoxy) is 1. The molecule has 9 nitrogen and oxygen atoms in total. The number of piperidine rings is 1. The fourth-order valence-electron chi connectivity index (χ4n) is 5.32. The van der Waals surface area contributed by atoms with E-state index in [2.05, 4.69) is 33.2 Å². The van der Waals surface area contributed by atoms with Gasteiger partial charge in [-0.15, -0.1) is 0 Å². The molecule has 3 aromatic rings. The molecular formula is C28H37N7O2. The van der Waals surface area contributed by atoms with Gasteiger partial charge in [-0.25, -0.2) is 9.78 Å². The standard InChI is InChI=1S/C28H37N7O2/c1-28(2,3)37-27(36)34-14-12-33(13-15-34)21-6-7-23-24(16-21)31-25(17-30-23)22-18-35(20-8-10-29-11-9-20)32-26(22)19-4-5-19/h6-7,16-20,29H,4-5,8-15H2,1-3H3. The van der Waals surface area contributed by atoms with E-state index in [-0.39, 0.29) is 6.09 Å². The molecule has 0 unspecified atom stereocenters. The zero-order valence-electron chi connectivity index (χ0n) is 22.1. The summed E-state index contributed by atoms with van der Waals surface area (Å²) in [5.74, 6) is 0.545. The van der Waals surface area contributed by atoms with Crippen LogP contribution < -0.4 is 10.2 Å². The Bertz CT molecular complexity index is 1280. The van der Waals surface area contributed by atoms with Gasteiger partial charge in [-0.3, -0.25) is 9.67 Å². The molecule has 196 valence electrons. The first-order chi connectivity index (χ1) is 17.8. The van der Waals surface area contributed by atoms with Gasteiger partial charge in [0.2, 0.25) is 0 Å². The molecule has 3 fully saturated rings. The van der Waals surface area contributed by atoms with Crippen molar-refractivity contribution in [1.29, 1.82) is 0 Å². The average molecular weight is 504 g/mol. The number of anilines is 1. The van der Waals surface area contributed by atoms with Crippen LogP contribution in [0, 0.1) is 0 Å². The highest BCUT2D eigenvalue weighted by molar-refractivity contribution is 5.81. The van der Waals surface area contributed by atoms with Gasteiger partial charge >= 0.3 is 6.09 Å². The second-order valence-electron chi connectivity index (χ2n) is 11.5. The number of rotatable bonds is 4. The molecule has 37 heavy (non-hydrogen) atoms. The predicted molar refractivity (Wildman–Crippen MR) is 144 cm³/mol. The lowest BCUT2D eigenvalue weighted by Gasteiger charge is -2.36. The fourth-order valence-corrected chi connectivity index (χ4v) is 5.32. The molecule has 9 heteroatoms. The van der Waals surface area contributed by atoms with Crippen LogP contribution in [0.5, 0.6) is 0 Å². The number of fused-ring (bicyclic) bond motifs is 1. The third kappa shape index (κ3) is 5.28. The Labute approximate surface area is 218 Å². The second kappa shape index (κ2) is 9.59. The Hall–Kier alpha value is -3.20. The first kappa shape index (κ1) is 24.2. The number of benzene rings is 1. The largest absolute Gasteiger partial charge is 0.444 e. The summed E-state index contributed by atoms with van der Waals surface area (Å²) in [6.07, 6.45) is 8.50. The summed E-state index contributed by atoms with van der Waals surface area (Å²) in [5.41, 5.74) is 5.62. The number of hydrogen-bond acceptors (Lipinski definition) is 7. The zero-order valence-corrected chi connectivity index (χ0v) is 22.1. The van der Waals surface area contributed by atoms with Gasteiger partial charge in [0.1, 0.15) is 5.60 Å². The van der Waals surface area contributed by atoms with Gasteiger partial charge in [-0.1, -0.05) is 0 Å². The Morgan fingerprint density at radius 1 is 1.03 bits per heavy atom. The molecule has 3 aliphatic rings. The highest BCUT2D eigenvalue weighted by Gasteiger charge is 2.32. The third-order valence-electron chi connectivity index (χ3n) is 7.51. The number of nitrogens with zero attached hydrogens (tertiary/aromatic N) is 6. The van der Waals surface area contributed by atoms with Crippen LogP contribution in [0.3, 0.4) is 0 Å². The number of carbonyl (C=O) groups is 1. The van der Waals surface area contributed by atoms with Crippen molar-refractivity contribution in [2.75, 3.05) is 44.2 Å². The molecule has 2 aliphatic heterocycles. The molecule has 2 saturated heterocycles. The van der Waals surface area contributed by atoms with Crippen LogP contribution in [0.25, 0.3) is 22.3 Å². The zero-order chi connectivity index (χ0) is 25.6. The van der Waals surface area contributed by atoms with Crippen molar-refractivity contribution in [3.05, 3.63) is 36.3 Å². The maximum absolute atomic E-state index is 12.4. The first-order valence-corrected chi connectivity index (χ1v) is 13.6. The summed E-state index contributed by atoms with van der Waals surface area (Å²) >= 11 is 0. The van der Waals surface area contributed by atoms with Crippen molar-refractivity contribution in [2.45, 2.75) is 64.0 Å². The van der Waals surface area contributed by atoms with Gasteiger partial charge in [-0.2, -0.15) is 5.10 Å². The van der Waals surface area contributed by atoms with Gasteiger partial charge in [0.25, 0.3) is 0 Å². The van der Waals surface area contributed by atoms with Gasteiger partial charge in [0.05, 0.1) is 34.7 Å². The molecule has 6 rings (SSSR count). The molecule has 1 amide bonds. The highest BCUT2D eigenvalue weighted by Crippen LogP contribution is 2.44. The third-order valence-corrected chi connectivity index (χ3v) is 7.51. The van der Waals surface area contributed by atoms with E-state index in [0.717, 1.165) is 67.0 Å². The number of piperazine rings is 1. The van der Waals surface area contributed by atoms with Gasteiger partial charge in [-0.05, 0) is 77.7 Å². The Kier molecular flexibility index (Phi) is 6.26. The Morgan fingerprint density at radius 3 is 2.49 bits per heavy atom. The first-order valence-electron chi connectivity index (χ1n) is 13.6. The lowest BCUT2D eigenvalue weighted by molar-refractivity contribution is 0.0240. The minimum Gasteiger partial charge on any atom is -0.444 e. The summed E-state index contributed by atoms with van der Waals surface area (Å²) in [4.78, 5) is 26.4. The van der Waals surface area contributed by atoms with Crippen molar-refractivity contribution < 1.29 is 9.53 Å². The monoisotopic (exact) mass is 503 g/mol. The molecule has 1 aliphatic carbocycles. The van der Waals surface area contributed by atoms with Crippen molar-refractivity contribution in [3.63, 3.8) is 0 Å². The lowest BCUT2D eigenvalue weighted by Crippen LogP contribution is -2.50. The quantitative estimate of drug-likeness (QED) is 0.566. The summed E-state index contributed by atoms with van der Waals surface area (Å²) in [6, 6.07) is 6.72. The molecule has 0 bridgehead atoms. The summed E-state index contributed by atoms with van der Waals surface area (Å²) in [7, 11) is 0. The van der Waals surface area contributed by atoms with E-state index in [4.69, 9.17) is 19.8 Å². The van der Waals surface area contributed by atoms with E-state index in [1.807, 2.05) is 33.0 Å². The SMILES string of the molecule is CC(C)(C)OC(=O)N1CCN(c2ccc3ncc(-c4cn(C5CCNCC5)nc4C4CC4)nc3c2)CC1. The van der Waals surface area contributed by atoms with Crippen LogP contribution in [0.1, 0.15) is 64.1 Å². The summed E-state index contributed by atoms with van der Waals surface area (Å²) < 4.78 is 7.73. The number of nitrogens with one attached hydrogen (secondary N) is 1. The van der Waals surface area contributed by atoms with E-state index in [9.17, 15) is 4.79 Å². The average Bonchev–Trinajstić information content (AvgIpc) is 3.65. The minimum absolute atomic E-state index is 0.238. The van der Waals surface area contributed by atoms with E-state index in [1.54, 1.807) is 4.90 Å². The second-order valence-corrected chi connectivity index (χ2v) is 11.5. The lowest BCUT2D eigenvalue weighted by atomic mass is 10.1. The number of hydrogen-bond donors (Lipinski definition) is 1. The van der Waals surface area contributed by atoms with E-state index < -0.39 is 5.60 Å². The topological polar surface area (TPSA) is 88.4 Å². The Morgan fingerprint density at radius 2 is 1.78 bits per heavy atom. The van der Waals surface area contributed by atoms with Crippen LogP contribution in [0.2, 0.25) is 0 Å². The van der Waals surface area contributed by atoms with Gasteiger partial charge in [0.15, 0.2) is 0 Å². The van der Waals surface area contributed by atoms with Crippen LogP contribution in [0.15, 0.2) is 30.6 Å². The smallest absolute Gasteiger partial charge is 0.410 e. The molecule has 4 heterocycles. The molecule has 1 N–H and O–H groups in total. The van der Waals surface area contributed by atoms with Crippen molar-refractivity contribution in [1.82, 2.24) is 30.0 Å². The summed E-state index contributed by atoms with van der Waals surface area (Å²) in [5, 5.41) is 8.51. The molecule has 0 atom stereocenters. The van der Waals surface area contributed by atoms with Crippen molar-refractivity contribution in [3.8, 4) is 11.3 Å². The molecule has 1 saturated carbocycles. The van der Waals surface area contributed by atoms with Crippen molar-refractivity contribution in [2.24, 2.45) is 0 Å². The summed E-state index contributed by atoms with van der Waals surface area (Å²) in [6.45, 7) is 10.6. The maximum Gasteiger partial charge on any atom is 0.410 e. The van der Waals surface area contributed by atoms with Crippen LogP contribution in [0.4, 0.5) is 10.5 Å². The molecular weight excluding hydrogens is 466 g/mol. The van der Waals surface area contributed by atoms with E-state index in [1.165, 1.54) is 18.5 Å². The minimum atomic E-state index is -0.480. The number of amides is 1. The highest BCUT2D eigenvalue weighted by atomic mass is 16.6. The van der Waals surface area contributed by atoms with Gasteiger partial charge in [0, 0.05) is 49.5 Å². The molecule has 0 spiro atoms. The van der Waals surface area contributed by atoms with Gasteiger partial charge < -0.3 is 19.9 Å². The predicted octanol–water partition coefficient (Wildman–Crippen LogP) is 4.35. The van der Waals surface area contributed by atoms with E-state index >= 15 is 0 Å². The molecule has 2 aromatic heterocycles. The molecule has 1 aromatic carbocycles. The number of carbonyl (C=O) groups excluding carboxylic acids is 1. The molecule has 0 radical (unpaired) electrons. The normalized spacial score (nSPS) is 19.4. The van der Waals surface area contributed by atoms with E-state index in [0.29, 0.717) is 25.0 Å². The van der Waals surface area contributed by atoms with Crippen molar-refractivity contribution >= 4 is 22.8 Å². The maximum atomic E-state index is 12.4.